The van der Waals surface area contributed by atoms with Gasteiger partial charge in [-0.2, -0.15) is 8.78 Å². The summed E-state index contributed by atoms with van der Waals surface area (Å²) in [4.78, 5) is 11.4. The molecule has 23 heavy (non-hydrogen) atoms. The van der Waals surface area contributed by atoms with Gasteiger partial charge in [0.15, 0.2) is 23.2 Å². The molecule has 2 rings (SSSR count). The van der Waals surface area contributed by atoms with E-state index < -0.39 is 29.1 Å². The van der Waals surface area contributed by atoms with Crippen molar-refractivity contribution in [3.63, 3.8) is 0 Å². The smallest absolute Gasteiger partial charge is 0.429 e. The molecule has 0 aromatic heterocycles. The zero-order valence-corrected chi connectivity index (χ0v) is 12.8. The van der Waals surface area contributed by atoms with Gasteiger partial charge in [-0.05, 0) is 36.4 Å². The Morgan fingerprint density at radius 3 is 2.17 bits per heavy atom. The number of carbonyl (C=O) groups is 1. The minimum atomic E-state index is -4.22. The van der Waals surface area contributed by atoms with E-state index in [1.807, 2.05) is 0 Å². The number of halogens is 6. The summed E-state index contributed by atoms with van der Waals surface area (Å²) in [6.07, 6.45) is -4.22. The molecule has 0 unspecified atom stereocenters. The number of ether oxygens (including phenoxy) is 1. The van der Waals surface area contributed by atoms with Gasteiger partial charge in [-0.25, -0.2) is 13.2 Å². The molecule has 2 aromatic carbocycles. The van der Waals surface area contributed by atoms with Crippen molar-refractivity contribution in [2.75, 3.05) is 5.33 Å². The molecule has 0 saturated heterocycles. The molecule has 0 saturated carbocycles. The number of ketones is 1. The molecule has 2 aromatic rings. The standard InChI is InChI=1S/C15H8BrF5O2/c16-7-12(22)8-1-3-9(4-2-8)23-15(20,21)10-5-6-11(17)14(19)13(10)18/h1-6H,7H2. The number of alkyl halides is 3. The fraction of sp³-hybridized carbons (Fsp3) is 0.133. The summed E-state index contributed by atoms with van der Waals surface area (Å²) in [7, 11) is 0. The predicted molar refractivity (Wildman–Crippen MR) is 75.4 cm³/mol. The first-order valence-electron chi connectivity index (χ1n) is 6.16. The lowest BCUT2D eigenvalue weighted by Gasteiger charge is -2.19. The molecular weight excluding hydrogens is 387 g/mol. The van der Waals surface area contributed by atoms with E-state index in [0.29, 0.717) is 12.1 Å². The molecule has 0 radical (unpaired) electrons. The Kier molecular flexibility index (Phi) is 5.03. The van der Waals surface area contributed by atoms with Gasteiger partial charge < -0.3 is 4.74 Å². The molecule has 0 bridgehead atoms. The minimum absolute atomic E-state index is 0.0590. The first kappa shape index (κ1) is 17.4. The van der Waals surface area contributed by atoms with Crippen LogP contribution in [0.1, 0.15) is 15.9 Å². The second-order valence-electron chi connectivity index (χ2n) is 4.42. The third-order valence-corrected chi connectivity index (χ3v) is 3.40. The topological polar surface area (TPSA) is 26.3 Å². The van der Waals surface area contributed by atoms with Gasteiger partial charge in [0.2, 0.25) is 0 Å². The highest BCUT2D eigenvalue weighted by atomic mass is 79.9. The maximum atomic E-state index is 13.9. The van der Waals surface area contributed by atoms with Crippen LogP contribution < -0.4 is 4.74 Å². The largest absolute Gasteiger partial charge is 0.429 e. The average Bonchev–Trinajstić information content (AvgIpc) is 2.52. The first-order chi connectivity index (χ1) is 10.8. The van der Waals surface area contributed by atoms with Crippen LogP contribution in [0.4, 0.5) is 22.0 Å². The van der Waals surface area contributed by atoms with Crippen molar-refractivity contribution < 1.29 is 31.5 Å². The van der Waals surface area contributed by atoms with Crippen molar-refractivity contribution in [2.24, 2.45) is 0 Å². The summed E-state index contributed by atoms with van der Waals surface area (Å²) in [6, 6.07) is 5.44. The lowest BCUT2D eigenvalue weighted by atomic mass is 10.1. The van der Waals surface area contributed by atoms with Crippen LogP contribution in [0, 0.1) is 17.5 Å². The summed E-state index contributed by atoms with van der Waals surface area (Å²) in [5.74, 6) is -6.26. The second-order valence-corrected chi connectivity index (χ2v) is 4.98. The zero-order valence-electron chi connectivity index (χ0n) is 11.3. The highest BCUT2D eigenvalue weighted by molar-refractivity contribution is 9.09. The lowest BCUT2D eigenvalue weighted by molar-refractivity contribution is -0.187. The lowest BCUT2D eigenvalue weighted by Crippen LogP contribution is -2.24. The number of rotatable bonds is 5. The van der Waals surface area contributed by atoms with Crippen LogP contribution in [-0.4, -0.2) is 11.1 Å². The Bertz CT molecular complexity index is 731. The maximum absolute atomic E-state index is 13.9. The van der Waals surface area contributed by atoms with E-state index in [4.69, 9.17) is 0 Å². The first-order valence-corrected chi connectivity index (χ1v) is 7.28. The maximum Gasteiger partial charge on any atom is 0.429 e. The van der Waals surface area contributed by atoms with Crippen LogP contribution in [0.3, 0.4) is 0 Å². The Morgan fingerprint density at radius 2 is 1.61 bits per heavy atom. The van der Waals surface area contributed by atoms with Gasteiger partial charge in [0, 0.05) is 5.56 Å². The van der Waals surface area contributed by atoms with E-state index in [2.05, 4.69) is 20.7 Å². The van der Waals surface area contributed by atoms with Crippen molar-refractivity contribution in [3.05, 3.63) is 65.0 Å². The highest BCUT2D eigenvalue weighted by Crippen LogP contribution is 2.34. The molecule has 0 aliphatic heterocycles. The predicted octanol–water partition coefficient (Wildman–Crippen LogP) is 4.81. The van der Waals surface area contributed by atoms with Gasteiger partial charge >= 0.3 is 6.11 Å². The molecule has 0 aliphatic carbocycles. The number of benzene rings is 2. The van der Waals surface area contributed by atoms with E-state index in [-0.39, 0.29) is 22.4 Å². The summed E-state index contributed by atoms with van der Waals surface area (Å²) in [5, 5.41) is 0.0590. The number of hydrogen-bond acceptors (Lipinski definition) is 2. The molecule has 0 spiro atoms. The molecule has 0 atom stereocenters. The van der Waals surface area contributed by atoms with Crippen molar-refractivity contribution in [2.45, 2.75) is 6.11 Å². The molecule has 0 heterocycles. The third-order valence-electron chi connectivity index (χ3n) is 2.89. The Morgan fingerprint density at radius 1 is 1.00 bits per heavy atom. The zero-order chi connectivity index (χ0) is 17.2. The van der Waals surface area contributed by atoms with Gasteiger partial charge in [0.1, 0.15) is 11.3 Å². The summed E-state index contributed by atoms with van der Waals surface area (Å²) in [5.41, 5.74) is -1.17. The number of Topliss-reactive ketones (excluding diaryl/α,β-unsaturated/α-hetero) is 1. The quantitative estimate of drug-likeness (QED) is 0.315. The fourth-order valence-electron chi connectivity index (χ4n) is 1.74. The molecule has 8 heteroatoms. The Hall–Kier alpha value is -1.96. The van der Waals surface area contributed by atoms with Crippen LogP contribution >= 0.6 is 15.9 Å². The van der Waals surface area contributed by atoms with E-state index in [1.165, 1.54) is 12.1 Å². The van der Waals surface area contributed by atoms with Gasteiger partial charge in [-0.3, -0.25) is 4.79 Å². The number of carbonyl (C=O) groups excluding carboxylic acids is 1. The summed E-state index contributed by atoms with van der Waals surface area (Å²) < 4.78 is 71.5. The monoisotopic (exact) mass is 394 g/mol. The second kappa shape index (κ2) is 6.66. The van der Waals surface area contributed by atoms with Gasteiger partial charge in [0.05, 0.1) is 5.33 Å². The van der Waals surface area contributed by atoms with Crippen LogP contribution in [0.15, 0.2) is 36.4 Å². The van der Waals surface area contributed by atoms with E-state index in [0.717, 1.165) is 12.1 Å². The fourth-order valence-corrected chi connectivity index (χ4v) is 2.06. The molecule has 0 amide bonds. The van der Waals surface area contributed by atoms with Crippen LogP contribution in [0.25, 0.3) is 0 Å². The molecule has 2 nitrogen and oxygen atoms in total. The molecule has 0 N–H and O–H groups in total. The van der Waals surface area contributed by atoms with Gasteiger partial charge in [0.25, 0.3) is 0 Å². The molecule has 0 fully saturated rings. The Labute approximate surface area is 136 Å². The molecular formula is C15H8BrF5O2. The third kappa shape index (κ3) is 3.69. The molecule has 0 aliphatic rings. The normalized spacial score (nSPS) is 11.4. The van der Waals surface area contributed by atoms with Crippen molar-refractivity contribution in [1.29, 1.82) is 0 Å². The van der Waals surface area contributed by atoms with E-state index in [1.54, 1.807) is 0 Å². The van der Waals surface area contributed by atoms with Crippen molar-refractivity contribution in [1.82, 2.24) is 0 Å². The van der Waals surface area contributed by atoms with Crippen LogP contribution in [-0.2, 0) is 6.11 Å². The van der Waals surface area contributed by atoms with E-state index in [9.17, 15) is 26.7 Å². The van der Waals surface area contributed by atoms with Crippen LogP contribution in [0.5, 0.6) is 5.75 Å². The van der Waals surface area contributed by atoms with E-state index >= 15 is 0 Å². The van der Waals surface area contributed by atoms with Crippen molar-refractivity contribution >= 4 is 21.7 Å². The minimum Gasteiger partial charge on any atom is -0.429 e. The highest BCUT2D eigenvalue weighted by Gasteiger charge is 2.39. The average molecular weight is 395 g/mol. The van der Waals surface area contributed by atoms with Crippen LogP contribution in [0.2, 0.25) is 0 Å². The Balaban J connectivity index is 2.28. The van der Waals surface area contributed by atoms with Gasteiger partial charge in [-0.1, -0.05) is 15.9 Å². The summed E-state index contributed by atoms with van der Waals surface area (Å²) in [6.45, 7) is 0. The number of hydrogen-bond donors (Lipinski definition) is 0. The van der Waals surface area contributed by atoms with Crippen molar-refractivity contribution in [3.8, 4) is 5.75 Å². The molecule has 122 valence electrons. The van der Waals surface area contributed by atoms with Gasteiger partial charge in [-0.15, -0.1) is 0 Å². The SMILES string of the molecule is O=C(CBr)c1ccc(OC(F)(F)c2ccc(F)c(F)c2F)cc1. The summed E-state index contributed by atoms with van der Waals surface area (Å²) >= 11 is 2.96.